The monoisotopic (exact) mass is 1120 g/mol. The van der Waals surface area contributed by atoms with Gasteiger partial charge in [0.1, 0.15) is 97.7 Å². The van der Waals surface area contributed by atoms with Crippen molar-refractivity contribution >= 4 is 0 Å². The zero-order valence-corrected chi connectivity index (χ0v) is 46.1. The highest BCUT2D eigenvalue weighted by atomic mass is 16.8. The number of ether oxygens (including phenoxy) is 8. The van der Waals surface area contributed by atoms with Gasteiger partial charge in [-0.15, -0.1) is 0 Å². The molecule has 30 atom stereocenters. The van der Waals surface area contributed by atoms with Crippen molar-refractivity contribution in [3.05, 3.63) is 11.6 Å². The maximum absolute atomic E-state index is 12.7. The Balaban J connectivity index is 0.942. The van der Waals surface area contributed by atoms with E-state index >= 15 is 0 Å². The molecule has 0 aromatic rings. The molecule has 3 saturated carbocycles. The number of aliphatic hydroxyl groups is 16. The summed E-state index contributed by atoms with van der Waals surface area (Å²) in [5.41, 5.74) is -2.12. The second-order valence-corrected chi connectivity index (χ2v) is 25.8. The van der Waals surface area contributed by atoms with Gasteiger partial charge in [-0.1, -0.05) is 53.2 Å². The number of hydrogen-bond acceptors (Lipinski definition) is 24. The fourth-order valence-electron chi connectivity index (χ4n) is 15.7. The molecular weight excluding hydrogens is 1030 g/mol. The lowest BCUT2D eigenvalue weighted by Gasteiger charge is -2.67. The van der Waals surface area contributed by atoms with Crippen LogP contribution in [0, 0.1) is 45.3 Å². The van der Waals surface area contributed by atoms with Crippen LogP contribution in [0.25, 0.3) is 0 Å². The van der Waals surface area contributed by atoms with Crippen LogP contribution in [0.3, 0.4) is 0 Å². The molecule has 4 aliphatic carbocycles. The normalized spacial score (nSPS) is 51.4. The van der Waals surface area contributed by atoms with Crippen LogP contribution in [0.2, 0.25) is 0 Å². The largest absolute Gasteiger partial charge is 0.394 e. The van der Waals surface area contributed by atoms with E-state index in [4.69, 9.17) is 37.9 Å². The molecule has 0 aromatic heterocycles. The second kappa shape index (κ2) is 23.7. The first-order valence-electron chi connectivity index (χ1n) is 28.0. The molecule has 452 valence electrons. The third-order valence-corrected chi connectivity index (χ3v) is 20.8. The van der Waals surface area contributed by atoms with E-state index in [1.165, 1.54) is 0 Å². The van der Waals surface area contributed by atoms with Crippen molar-refractivity contribution in [2.24, 2.45) is 45.3 Å². The number of allylic oxidation sites excluding steroid dienone is 1. The Labute approximate surface area is 455 Å². The number of rotatable bonds is 17. The SMILES string of the molecule is C[C@H](CCC(O[C@@H]1O[C@H](CO)[C@@H](O)[C@H](O)[C@H]1O[C@@H]1O[C@H](CO)[C@@H](O)[C@H](O)[C@H]1O)C(C)(C)O)[C@H]1CC[C@@]2(C)[C@@H]3CC=C4C(CCC(O[C@@H]5O[C@H](CO)[C@@H](O[C@@H]6O[C@H](CO)[C@@H](O)[C@H](O)[C@H]6O)[C@H](O)[C@H]5O)C4(C)C)[C@]3(C)C(O)C[C@]12C. The van der Waals surface area contributed by atoms with Gasteiger partial charge in [0.2, 0.25) is 0 Å². The molecule has 4 heterocycles. The topological polar surface area (TPSA) is 398 Å². The summed E-state index contributed by atoms with van der Waals surface area (Å²) < 4.78 is 47.6. The molecule has 24 heteroatoms. The molecule has 4 saturated heterocycles. The van der Waals surface area contributed by atoms with Gasteiger partial charge in [-0.2, -0.15) is 0 Å². The molecule has 4 aliphatic heterocycles. The molecule has 24 nitrogen and oxygen atoms in total. The first kappa shape index (κ1) is 62.8. The molecule has 7 fully saturated rings. The fourth-order valence-corrected chi connectivity index (χ4v) is 15.7. The fraction of sp³-hybridized carbons (Fsp3) is 0.963. The van der Waals surface area contributed by atoms with Gasteiger partial charge in [0, 0.05) is 10.8 Å². The Morgan fingerprint density at radius 1 is 0.564 bits per heavy atom. The third kappa shape index (κ3) is 10.8. The van der Waals surface area contributed by atoms with Crippen LogP contribution in [-0.2, 0) is 37.9 Å². The minimum Gasteiger partial charge on any atom is -0.394 e. The quantitative estimate of drug-likeness (QED) is 0.0637. The summed E-state index contributed by atoms with van der Waals surface area (Å²) in [5, 5.41) is 172. The summed E-state index contributed by atoms with van der Waals surface area (Å²) in [6, 6.07) is 0. The number of hydrogen-bond donors (Lipinski definition) is 16. The smallest absolute Gasteiger partial charge is 0.187 e. The van der Waals surface area contributed by atoms with Crippen LogP contribution in [0.1, 0.15) is 107 Å². The minimum absolute atomic E-state index is 0.0338. The van der Waals surface area contributed by atoms with E-state index in [0.717, 1.165) is 18.4 Å². The van der Waals surface area contributed by atoms with Crippen molar-refractivity contribution in [2.45, 2.75) is 253 Å². The summed E-state index contributed by atoms with van der Waals surface area (Å²) in [6.07, 6.45) is -27.1. The number of fused-ring (bicyclic) bond motifs is 5. The van der Waals surface area contributed by atoms with Crippen molar-refractivity contribution in [1.82, 2.24) is 0 Å². The van der Waals surface area contributed by atoms with Crippen LogP contribution in [0.5, 0.6) is 0 Å². The van der Waals surface area contributed by atoms with Gasteiger partial charge in [0.15, 0.2) is 25.2 Å². The van der Waals surface area contributed by atoms with Crippen LogP contribution in [0.4, 0.5) is 0 Å². The molecule has 16 N–H and O–H groups in total. The summed E-state index contributed by atoms with van der Waals surface area (Å²) >= 11 is 0. The Bertz CT molecular complexity index is 2020. The van der Waals surface area contributed by atoms with Crippen LogP contribution < -0.4 is 0 Å². The summed E-state index contributed by atoms with van der Waals surface area (Å²) in [4.78, 5) is 0. The Hall–Kier alpha value is -1.22. The highest BCUT2D eigenvalue weighted by molar-refractivity contribution is 5.32. The van der Waals surface area contributed by atoms with Gasteiger partial charge in [-0.3, -0.25) is 0 Å². The highest BCUT2D eigenvalue weighted by Crippen LogP contribution is 2.75. The van der Waals surface area contributed by atoms with E-state index < -0.39 is 184 Å². The predicted octanol–water partition coefficient (Wildman–Crippen LogP) is -3.23. The first-order valence-corrected chi connectivity index (χ1v) is 28.0. The van der Waals surface area contributed by atoms with Gasteiger partial charge in [-0.25, -0.2) is 0 Å². The molecule has 4 unspecified atom stereocenters. The summed E-state index contributed by atoms with van der Waals surface area (Å²) in [5.74, 6) is 0.236. The zero-order chi connectivity index (χ0) is 57.5. The third-order valence-electron chi connectivity index (χ3n) is 20.8. The van der Waals surface area contributed by atoms with Gasteiger partial charge in [0.25, 0.3) is 0 Å². The average molecular weight is 1130 g/mol. The summed E-state index contributed by atoms with van der Waals surface area (Å²) in [7, 11) is 0. The van der Waals surface area contributed by atoms with Gasteiger partial charge >= 0.3 is 0 Å². The molecule has 0 aromatic carbocycles. The molecule has 0 bridgehead atoms. The molecule has 0 spiro atoms. The molecular formula is C54H92O24. The van der Waals surface area contributed by atoms with E-state index in [-0.39, 0.29) is 40.9 Å². The molecule has 8 rings (SSSR count). The molecule has 78 heavy (non-hydrogen) atoms. The first-order chi connectivity index (χ1) is 36.5. The standard InChI is InChI=1S/C54H92O24/c1-22(9-13-33(51(4,5)70)76-49-45(39(65)36(62)28(20-57)73-49)78-48-42(68)38(64)35(61)27(19-56)72-48)23-15-16-52(6)30-12-10-24-25(54(30,8)31(59)17-53(23,52)7)11-14-32(50(24,2)3)75-46-43(69)40(66)44(29(21-58)74-46)77-47-41(67)37(63)34(60)26(18-55)71-47/h10,22-23,25-49,55-70H,9,11-21H2,1-8H3/t22-,23-,25?,26-,27-,28-,29-,30+,31?,32?,33?,34-,35-,36-,37+,38+,39+,40-,41-,42-,43-,44-,45-,46+,47+,48+,49+,52+,53-,54+/m1/s1. The lowest BCUT2D eigenvalue weighted by atomic mass is 9.38. The van der Waals surface area contributed by atoms with Crippen molar-refractivity contribution in [1.29, 1.82) is 0 Å². The summed E-state index contributed by atoms with van der Waals surface area (Å²) in [6.45, 7) is 13.4. The predicted molar refractivity (Wildman–Crippen MR) is 268 cm³/mol. The van der Waals surface area contributed by atoms with Gasteiger partial charge in [0.05, 0.1) is 50.3 Å². The Morgan fingerprint density at radius 3 is 1.58 bits per heavy atom. The average Bonchev–Trinajstić information content (AvgIpc) is 3.07. The molecule has 8 aliphatic rings. The molecule has 0 amide bonds. The minimum atomic E-state index is -1.85. The van der Waals surface area contributed by atoms with E-state index in [1.807, 2.05) is 0 Å². The van der Waals surface area contributed by atoms with Gasteiger partial charge in [-0.05, 0) is 99.7 Å². The van der Waals surface area contributed by atoms with Crippen molar-refractivity contribution in [3.63, 3.8) is 0 Å². The van der Waals surface area contributed by atoms with Crippen LogP contribution >= 0.6 is 0 Å². The molecule has 0 radical (unpaired) electrons. The maximum atomic E-state index is 12.7. The van der Waals surface area contributed by atoms with Crippen molar-refractivity contribution in [2.75, 3.05) is 26.4 Å². The Morgan fingerprint density at radius 2 is 1.04 bits per heavy atom. The van der Waals surface area contributed by atoms with Crippen LogP contribution in [0.15, 0.2) is 11.6 Å². The maximum Gasteiger partial charge on any atom is 0.187 e. The Kier molecular flexibility index (Phi) is 19.1. The van der Waals surface area contributed by atoms with E-state index in [2.05, 4.69) is 47.6 Å². The van der Waals surface area contributed by atoms with E-state index in [1.54, 1.807) is 13.8 Å². The highest BCUT2D eigenvalue weighted by Gasteiger charge is 2.70. The van der Waals surface area contributed by atoms with E-state index in [0.29, 0.717) is 32.1 Å². The lowest BCUT2D eigenvalue weighted by molar-refractivity contribution is -0.375. The number of aliphatic hydroxyl groups excluding tert-OH is 15. The van der Waals surface area contributed by atoms with Crippen LogP contribution in [-0.4, -0.2) is 255 Å². The van der Waals surface area contributed by atoms with E-state index in [9.17, 15) is 81.7 Å². The zero-order valence-electron chi connectivity index (χ0n) is 46.1. The second-order valence-electron chi connectivity index (χ2n) is 25.8. The lowest BCUT2D eigenvalue weighted by Crippen LogP contribution is -2.66. The van der Waals surface area contributed by atoms with Crippen molar-refractivity contribution < 1.29 is 120 Å². The van der Waals surface area contributed by atoms with Gasteiger partial charge < -0.3 is 120 Å². The van der Waals surface area contributed by atoms with Crippen molar-refractivity contribution in [3.8, 4) is 0 Å².